The van der Waals surface area contributed by atoms with Crippen molar-refractivity contribution in [3.63, 3.8) is 0 Å². The SMILES string of the molecule is CCOC(=O)C(O)C1(C(=O)OCC)C=C(c2cc(OC)c(OC)c(OC)c2)C(=O)O1. The molecule has 0 radical (unpaired) electrons. The van der Waals surface area contributed by atoms with Crippen LogP contribution in [0.4, 0.5) is 0 Å². The Morgan fingerprint density at radius 2 is 1.60 bits per heavy atom. The summed E-state index contributed by atoms with van der Waals surface area (Å²) in [6.45, 7) is 2.94. The van der Waals surface area contributed by atoms with E-state index in [1.807, 2.05) is 0 Å². The van der Waals surface area contributed by atoms with Crippen LogP contribution in [0, 0.1) is 0 Å². The zero-order chi connectivity index (χ0) is 22.5. The van der Waals surface area contributed by atoms with Gasteiger partial charge in [0.15, 0.2) is 11.5 Å². The van der Waals surface area contributed by atoms with Gasteiger partial charge in [-0.25, -0.2) is 14.4 Å². The summed E-state index contributed by atoms with van der Waals surface area (Å²) in [5.74, 6) is -2.41. The summed E-state index contributed by atoms with van der Waals surface area (Å²) in [5, 5.41) is 10.5. The Kier molecular flexibility index (Phi) is 7.28. The predicted molar refractivity (Wildman–Crippen MR) is 102 cm³/mol. The zero-order valence-corrected chi connectivity index (χ0v) is 17.3. The topological polar surface area (TPSA) is 127 Å². The van der Waals surface area contributed by atoms with Crippen molar-refractivity contribution in [2.24, 2.45) is 0 Å². The fraction of sp³-hybridized carbons (Fsp3) is 0.450. The highest BCUT2D eigenvalue weighted by atomic mass is 16.6. The van der Waals surface area contributed by atoms with E-state index in [0.717, 1.165) is 6.08 Å². The van der Waals surface area contributed by atoms with E-state index in [0.29, 0.717) is 5.75 Å². The van der Waals surface area contributed by atoms with E-state index in [1.54, 1.807) is 0 Å². The highest BCUT2D eigenvalue weighted by molar-refractivity contribution is 6.21. The summed E-state index contributed by atoms with van der Waals surface area (Å²) in [7, 11) is 4.22. The third-order valence-electron chi connectivity index (χ3n) is 4.33. The molecule has 1 aliphatic heterocycles. The number of carbonyl (C=O) groups is 3. The summed E-state index contributed by atoms with van der Waals surface area (Å²) in [6.07, 6.45) is -1.09. The third kappa shape index (κ3) is 4.04. The molecular weight excluding hydrogens is 400 g/mol. The summed E-state index contributed by atoms with van der Waals surface area (Å²) >= 11 is 0. The van der Waals surface area contributed by atoms with Crippen LogP contribution < -0.4 is 14.2 Å². The molecule has 0 bridgehead atoms. The molecule has 0 spiro atoms. The number of methoxy groups -OCH3 is 3. The van der Waals surface area contributed by atoms with Gasteiger partial charge >= 0.3 is 17.9 Å². The van der Waals surface area contributed by atoms with Crippen molar-refractivity contribution in [2.45, 2.75) is 25.6 Å². The number of aliphatic hydroxyl groups is 1. The van der Waals surface area contributed by atoms with Crippen LogP contribution in [-0.2, 0) is 28.6 Å². The van der Waals surface area contributed by atoms with Crippen LogP contribution >= 0.6 is 0 Å². The van der Waals surface area contributed by atoms with E-state index in [9.17, 15) is 19.5 Å². The number of esters is 3. The van der Waals surface area contributed by atoms with Gasteiger partial charge in [0.2, 0.25) is 11.9 Å². The lowest BCUT2D eigenvalue weighted by atomic mass is 9.93. The summed E-state index contributed by atoms with van der Waals surface area (Å²) in [6, 6.07) is 2.93. The van der Waals surface area contributed by atoms with Crippen molar-refractivity contribution in [3.8, 4) is 17.2 Å². The van der Waals surface area contributed by atoms with Gasteiger partial charge in [-0.2, -0.15) is 0 Å². The zero-order valence-electron chi connectivity index (χ0n) is 17.3. The molecular formula is C20H24O10. The molecule has 10 heteroatoms. The third-order valence-corrected chi connectivity index (χ3v) is 4.33. The van der Waals surface area contributed by atoms with Gasteiger partial charge in [-0.1, -0.05) is 0 Å². The smallest absolute Gasteiger partial charge is 0.358 e. The average Bonchev–Trinajstić information content (AvgIpc) is 3.10. The van der Waals surface area contributed by atoms with Crippen LogP contribution in [0.15, 0.2) is 18.2 Å². The quantitative estimate of drug-likeness (QED) is 0.451. The second-order valence-electron chi connectivity index (χ2n) is 6.03. The first-order valence-corrected chi connectivity index (χ1v) is 9.08. The van der Waals surface area contributed by atoms with E-state index < -0.39 is 29.6 Å². The van der Waals surface area contributed by atoms with Gasteiger partial charge in [-0.05, 0) is 37.6 Å². The number of carbonyl (C=O) groups excluding carboxylic acids is 3. The second-order valence-corrected chi connectivity index (χ2v) is 6.03. The average molecular weight is 424 g/mol. The second kappa shape index (κ2) is 9.49. The predicted octanol–water partition coefficient (Wildman–Crippen LogP) is 0.878. The van der Waals surface area contributed by atoms with Crippen LogP contribution in [0.5, 0.6) is 17.2 Å². The molecule has 0 fully saturated rings. The maximum absolute atomic E-state index is 12.7. The minimum absolute atomic E-state index is 0.0494. The Balaban J connectivity index is 2.64. The number of aliphatic hydroxyl groups excluding tert-OH is 1. The number of hydrogen-bond donors (Lipinski definition) is 1. The fourth-order valence-electron chi connectivity index (χ4n) is 2.94. The van der Waals surface area contributed by atoms with Gasteiger partial charge in [0.05, 0.1) is 40.1 Å². The highest BCUT2D eigenvalue weighted by Gasteiger charge is 2.57. The lowest BCUT2D eigenvalue weighted by molar-refractivity contribution is -0.190. The first-order chi connectivity index (χ1) is 14.3. The maximum Gasteiger partial charge on any atom is 0.358 e. The molecule has 1 N–H and O–H groups in total. The Hall–Kier alpha value is -3.27. The molecule has 2 atom stereocenters. The molecule has 30 heavy (non-hydrogen) atoms. The molecule has 0 saturated carbocycles. The van der Waals surface area contributed by atoms with E-state index in [-0.39, 0.29) is 35.8 Å². The Morgan fingerprint density at radius 3 is 2.07 bits per heavy atom. The van der Waals surface area contributed by atoms with Gasteiger partial charge in [0.25, 0.3) is 5.60 Å². The van der Waals surface area contributed by atoms with Crippen molar-refractivity contribution in [3.05, 3.63) is 23.8 Å². The van der Waals surface area contributed by atoms with Crippen molar-refractivity contribution in [1.29, 1.82) is 0 Å². The van der Waals surface area contributed by atoms with Crippen LogP contribution in [0.2, 0.25) is 0 Å². The first-order valence-electron chi connectivity index (χ1n) is 9.08. The standard InChI is InChI=1S/C20H24O10/c1-6-28-18(23)16(21)20(19(24)29-7-2)10-12(17(22)30-20)11-8-13(25-3)15(27-5)14(9-11)26-4/h8-10,16,21H,6-7H2,1-5H3. The van der Waals surface area contributed by atoms with Crippen molar-refractivity contribution < 1.29 is 47.9 Å². The van der Waals surface area contributed by atoms with E-state index in [2.05, 4.69) is 0 Å². The summed E-state index contributed by atoms with van der Waals surface area (Å²) in [4.78, 5) is 37.4. The molecule has 0 amide bonds. The van der Waals surface area contributed by atoms with Crippen LogP contribution in [0.25, 0.3) is 5.57 Å². The molecule has 2 unspecified atom stereocenters. The molecule has 2 rings (SSSR count). The van der Waals surface area contributed by atoms with E-state index in [4.69, 9.17) is 28.4 Å². The Bertz CT molecular complexity index is 834. The summed E-state index contributed by atoms with van der Waals surface area (Å²) < 4.78 is 30.7. The van der Waals surface area contributed by atoms with Crippen LogP contribution in [0.3, 0.4) is 0 Å². The maximum atomic E-state index is 12.7. The molecule has 0 aromatic heterocycles. The molecule has 10 nitrogen and oxygen atoms in total. The lowest BCUT2D eigenvalue weighted by Gasteiger charge is -2.27. The van der Waals surface area contributed by atoms with Gasteiger partial charge in [0, 0.05) is 0 Å². The van der Waals surface area contributed by atoms with Crippen molar-refractivity contribution >= 4 is 23.5 Å². The monoisotopic (exact) mass is 424 g/mol. The molecule has 1 aromatic rings. The lowest BCUT2D eigenvalue weighted by Crippen LogP contribution is -2.54. The van der Waals surface area contributed by atoms with Crippen molar-refractivity contribution in [2.75, 3.05) is 34.5 Å². The van der Waals surface area contributed by atoms with Crippen molar-refractivity contribution in [1.82, 2.24) is 0 Å². The Morgan fingerprint density at radius 1 is 1.03 bits per heavy atom. The molecule has 1 aliphatic rings. The normalized spacial score (nSPS) is 18.7. The molecule has 0 aliphatic carbocycles. The van der Waals surface area contributed by atoms with Crippen LogP contribution in [-0.4, -0.2) is 69.3 Å². The molecule has 1 aromatic carbocycles. The summed E-state index contributed by atoms with van der Waals surface area (Å²) in [5.41, 5.74) is -2.25. The van der Waals surface area contributed by atoms with Crippen LogP contribution in [0.1, 0.15) is 19.4 Å². The number of benzene rings is 1. The highest BCUT2D eigenvalue weighted by Crippen LogP contribution is 2.42. The molecule has 0 saturated heterocycles. The number of cyclic esters (lactones) is 1. The fourth-order valence-corrected chi connectivity index (χ4v) is 2.94. The van der Waals surface area contributed by atoms with Gasteiger partial charge in [0.1, 0.15) is 0 Å². The minimum Gasteiger partial charge on any atom is -0.493 e. The van der Waals surface area contributed by atoms with Gasteiger partial charge < -0.3 is 33.5 Å². The number of hydrogen-bond acceptors (Lipinski definition) is 10. The van der Waals surface area contributed by atoms with E-state index in [1.165, 1.54) is 47.3 Å². The Labute approximate surface area is 173 Å². The largest absolute Gasteiger partial charge is 0.493 e. The number of ether oxygens (including phenoxy) is 6. The van der Waals surface area contributed by atoms with Gasteiger partial charge in [-0.3, -0.25) is 0 Å². The molecule has 164 valence electrons. The van der Waals surface area contributed by atoms with Gasteiger partial charge in [-0.15, -0.1) is 0 Å². The number of rotatable bonds is 9. The molecule has 1 heterocycles. The minimum atomic E-state index is -2.39. The first kappa shape index (κ1) is 23.0. The van der Waals surface area contributed by atoms with E-state index >= 15 is 0 Å².